The molecule has 3 nitrogen and oxygen atoms in total. The highest BCUT2D eigenvalue weighted by Gasteiger charge is 2.15. The van der Waals surface area contributed by atoms with Crippen molar-refractivity contribution in [1.82, 2.24) is 5.32 Å². The van der Waals surface area contributed by atoms with E-state index < -0.39 is 0 Å². The number of amides is 1. The standard InChI is InChI=1S/C14H19ClN2O/c1-10-6-7-11(15)8-13(10)17-14(18)9-16-12-4-2-3-5-12/h6-8,12,16H,2-5,9H2,1H3,(H,17,18). The highest BCUT2D eigenvalue weighted by atomic mass is 35.5. The van der Waals surface area contributed by atoms with Gasteiger partial charge in [0.05, 0.1) is 6.54 Å². The molecule has 0 unspecified atom stereocenters. The molecule has 1 saturated carbocycles. The Kier molecular flexibility index (Phi) is 4.61. The Bertz CT molecular complexity index is 428. The van der Waals surface area contributed by atoms with E-state index in [1.54, 1.807) is 6.07 Å². The van der Waals surface area contributed by atoms with Gasteiger partial charge in [0.15, 0.2) is 0 Å². The lowest BCUT2D eigenvalue weighted by molar-refractivity contribution is -0.115. The second-order valence-electron chi connectivity index (χ2n) is 4.87. The fraction of sp³-hybridized carbons (Fsp3) is 0.500. The van der Waals surface area contributed by atoms with Crippen LogP contribution in [-0.2, 0) is 4.79 Å². The van der Waals surface area contributed by atoms with Gasteiger partial charge in [-0.05, 0) is 37.5 Å². The molecule has 2 N–H and O–H groups in total. The van der Waals surface area contributed by atoms with Crippen molar-refractivity contribution in [2.45, 2.75) is 38.6 Å². The van der Waals surface area contributed by atoms with Crippen LogP contribution in [0.4, 0.5) is 5.69 Å². The minimum absolute atomic E-state index is 0.00716. The number of aryl methyl sites for hydroxylation is 1. The summed E-state index contributed by atoms with van der Waals surface area (Å²) >= 11 is 5.91. The molecule has 0 aliphatic heterocycles. The Labute approximate surface area is 113 Å². The topological polar surface area (TPSA) is 41.1 Å². The van der Waals surface area contributed by atoms with E-state index in [2.05, 4.69) is 10.6 Å². The van der Waals surface area contributed by atoms with Gasteiger partial charge in [-0.3, -0.25) is 4.79 Å². The average molecular weight is 267 g/mol. The fourth-order valence-corrected chi connectivity index (χ4v) is 2.46. The Balaban J connectivity index is 1.84. The van der Waals surface area contributed by atoms with Gasteiger partial charge >= 0.3 is 0 Å². The van der Waals surface area contributed by atoms with Gasteiger partial charge in [-0.15, -0.1) is 0 Å². The summed E-state index contributed by atoms with van der Waals surface area (Å²) in [6.45, 7) is 2.33. The number of rotatable bonds is 4. The number of carbonyl (C=O) groups excluding carboxylic acids is 1. The monoisotopic (exact) mass is 266 g/mol. The highest BCUT2D eigenvalue weighted by molar-refractivity contribution is 6.31. The van der Waals surface area contributed by atoms with Crippen LogP contribution in [0, 0.1) is 6.92 Å². The summed E-state index contributed by atoms with van der Waals surface area (Å²) in [5, 5.41) is 6.82. The number of halogens is 1. The normalized spacial score (nSPS) is 15.9. The zero-order valence-electron chi connectivity index (χ0n) is 10.6. The Hall–Kier alpha value is -1.06. The molecule has 0 aromatic heterocycles. The molecule has 0 bridgehead atoms. The molecule has 0 radical (unpaired) electrons. The fourth-order valence-electron chi connectivity index (χ4n) is 2.29. The van der Waals surface area contributed by atoms with E-state index in [4.69, 9.17) is 11.6 Å². The zero-order chi connectivity index (χ0) is 13.0. The maximum Gasteiger partial charge on any atom is 0.238 e. The van der Waals surface area contributed by atoms with Gasteiger partial charge in [-0.2, -0.15) is 0 Å². The smallest absolute Gasteiger partial charge is 0.238 e. The van der Waals surface area contributed by atoms with Crippen LogP contribution in [0.2, 0.25) is 5.02 Å². The molecule has 0 spiro atoms. The Morgan fingerprint density at radius 1 is 1.39 bits per heavy atom. The minimum Gasteiger partial charge on any atom is -0.325 e. The van der Waals surface area contributed by atoms with E-state index >= 15 is 0 Å². The van der Waals surface area contributed by atoms with Gasteiger partial charge < -0.3 is 10.6 Å². The third kappa shape index (κ3) is 3.72. The molecule has 18 heavy (non-hydrogen) atoms. The number of hydrogen-bond acceptors (Lipinski definition) is 2. The van der Waals surface area contributed by atoms with Gasteiger partial charge in [0.25, 0.3) is 0 Å². The molecular formula is C14H19ClN2O. The SMILES string of the molecule is Cc1ccc(Cl)cc1NC(=O)CNC1CCCC1. The van der Waals surface area contributed by atoms with Gasteiger partial charge in [-0.1, -0.05) is 30.5 Å². The molecule has 1 aromatic rings. The maximum absolute atomic E-state index is 11.8. The van der Waals surface area contributed by atoms with E-state index in [-0.39, 0.29) is 5.91 Å². The van der Waals surface area contributed by atoms with Crippen molar-refractivity contribution in [2.75, 3.05) is 11.9 Å². The quantitative estimate of drug-likeness (QED) is 0.879. The summed E-state index contributed by atoms with van der Waals surface area (Å²) in [7, 11) is 0. The lowest BCUT2D eigenvalue weighted by Crippen LogP contribution is -2.34. The molecule has 0 heterocycles. The number of nitrogens with one attached hydrogen (secondary N) is 2. The second-order valence-corrected chi connectivity index (χ2v) is 5.31. The molecule has 1 aliphatic carbocycles. The predicted molar refractivity (Wildman–Crippen MR) is 75.1 cm³/mol. The molecule has 1 amide bonds. The average Bonchev–Trinajstić information content (AvgIpc) is 2.84. The molecule has 1 aliphatic rings. The second kappa shape index (κ2) is 6.21. The lowest BCUT2D eigenvalue weighted by Gasteiger charge is -2.13. The molecule has 2 rings (SSSR count). The van der Waals surface area contributed by atoms with Crippen molar-refractivity contribution < 1.29 is 4.79 Å². The molecular weight excluding hydrogens is 248 g/mol. The summed E-state index contributed by atoms with van der Waals surface area (Å²) in [4.78, 5) is 11.8. The molecule has 4 heteroatoms. The van der Waals surface area contributed by atoms with Crippen LogP contribution in [0.5, 0.6) is 0 Å². The zero-order valence-corrected chi connectivity index (χ0v) is 11.4. The first-order valence-corrected chi connectivity index (χ1v) is 6.82. The first kappa shape index (κ1) is 13.4. The van der Waals surface area contributed by atoms with Crippen molar-refractivity contribution in [3.63, 3.8) is 0 Å². The summed E-state index contributed by atoms with van der Waals surface area (Å²) < 4.78 is 0. The van der Waals surface area contributed by atoms with Gasteiger partial charge in [-0.25, -0.2) is 0 Å². The van der Waals surface area contributed by atoms with Crippen LogP contribution < -0.4 is 10.6 Å². The number of hydrogen-bond donors (Lipinski definition) is 2. The van der Waals surface area contributed by atoms with Crippen molar-refractivity contribution >= 4 is 23.2 Å². The van der Waals surface area contributed by atoms with E-state index in [9.17, 15) is 4.79 Å². The Morgan fingerprint density at radius 3 is 2.83 bits per heavy atom. The minimum atomic E-state index is -0.00716. The van der Waals surface area contributed by atoms with E-state index in [0.29, 0.717) is 17.6 Å². The van der Waals surface area contributed by atoms with Crippen LogP contribution in [0.1, 0.15) is 31.2 Å². The van der Waals surface area contributed by atoms with E-state index in [1.807, 2.05) is 19.1 Å². The van der Waals surface area contributed by atoms with Crippen LogP contribution in [-0.4, -0.2) is 18.5 Å². The molecule has 1 fully saturated rings. The molecule has 98 valence electrons. The summed E-state index contributed by atoms with van der Waals surface area (Å²) in [5.41, 5.74) is 1.81. The first-order valence-electron chi connectivity index (χ1n) is 6.44. The summed E-state index contributed by atoms with van der Waals surface area (Å²) in [6.07, 6.45) is 4.91. The number of anilines is 1. The highest BCUT2D eigenvalue weighted by Crippen LogP contribution is 2.20. The first-order chi connectivity index (χ1) is 8.65. The van der Waals surface area contributed by atoms with Crippen LogP contribution in [0.25, 0.3) is 0 Å². The predicted octanol–water partition coefficient (Wildman–Crippen LogP) is 3.12. The van der Waals surface area contributed by atoms with Crippen LogP contribution in [0.3, 0.4) is 0 Å². The van der Waals surface area contributed by atoms with Crippen molar-refractivity contribution in [2.24, 2.45) is 0 Å². The van der Waals surface area contributed by atoms with Crippen molar-refractivity contribution in [3.8, 4) is 0 Å². The summed E-state index contributed by atoms with van der Waals surface area (Å²) in [6, 6.07) is 6.02. The third-order valence-corrected chi connectivity index (χ3v) is 3.62. The van der Waals surface area contributed by atoms with Crippen molar-refractivity contribution in [3.05, 3.63) is 28.8 Å². The van der Waals surface area contributed by atoms with Gasteiger partial charge in [0, 0.05) is 16.8 Å². The largest absolute Gasteiger partial charge is 0.325 e. The number of carbonyl (C=O) groups is 1. The number of benzene rings is 1. The van der Waals surface area contributed by atoms with Crippen molar-refractivity contribution in [1.29, 1.82) is 0 Å². The van der Waals surface area contributed by atoms with Crippen LogP contribution in [0.15, 0.2) is 18.2 Å². The van der Waals surface area contributed by atoms with E-state index in [1.165, 1.54) is 25.7 Å². The molecule has 1 aromatic carbocycles. The van der Waals surface area contributed by atoms with Gasteiger partial charge in [0.1, 0.15) is 0 Å². The van der Waals surface area contributed by atoms with E-state index in [0.717, 1.165) is 11.3 Å². The lowest BCUT2D eigenvalue weighted by atomic mass is 10.2. The Morgan fingerprint density at radius 2 is 2.11 bits per heavy atom. The van der Waals surface area contributed by atoms with Crippen LogP contribution >= 0.6 is 11.6 Å². The molecule has 0 atom stereocenters. The van der Waals surface area contributed by atoms with Gasteiger partial charge in [0.2, 0.25) is 5.91 Å². The third-order valence-electron chi connectivity index (χ3n) is 3.38. The molecule has 0 saturated heterocycles. The maximum atomic E-state index is 11.8. The summed E-state index contributed by atoms with van der Waals surface area (Å²) in [5.74, 6) is -0.00716.